The van der Waals surface area contributed by atoms with E-state index in [2.05, 4.69) is 5.32 Å². The number of fused-ring (bicyclic) bond motifs is 1. The molecule has 0 saturated heterocycles. The largest absolute Gasteiger partial charge is 0.482 e. The van der Waals surface area contributed by atoms with Gasteiger partial charge in [-0.1, -0.05) is 36.4 Å². The molecule has 21 heavy (non-hydrogen) atoms. The second-order valence-corrected chi connectivity index (χ2v) is 4.66. The third kappa shape index (κ3) is 3.00. The molecule has 1 aliphatic rings. The number of hydrogen-bond acceptors (Lipinski definition) is 3. The number of amides is 1. The molecule has 0 bridgehead atoms. The Morgan fingerprint density at radius 1 is 1.14 bits per heavy atom. The fourth-order valence-corrected chi connectivity index (χ4v) is 2.07. The number of ether oxygens (including phenoxy) is 1. The molecule has 2 aromatic rings. The van der Waals surface area contributed by atoms with Crippen molar-refractivity contribution in [1.82, 2.24) is 0 Å². The maximum Gasteiger partial charge on any atom is 0.262 e. The van der Waals surface area contributed by atoms with Crippen molar-refractivity contribution in [3.8, 4) is 5.75 Å². The molecule has 0 saturated carbocycles. The van der Waals surface area contributed by atoms with Gasteiger partial charge in [0.05, 0.1) is 5.69 Å². The van der Waals surface area contributed by atoms with Crippen molar-refractivity contribution in [2.45, 2.75) is 0 Å². The Morgan fingerprint density at radius 3 is 2.76 bits per heavy atom. The maximum atomic E-state index is 12.1. The maximum absolute atomic E-state index is 12.1. The van der Waals surface area contributed by atoms with Crippen LogP contribution in [0.25, 0.3) is 6.08 Å². The zero-order chi connectivity index (χ0) is 14.7. The van der Waals surface area contributed by atoms with E-state index >= 15 is 0 Å². The lowest BCUT2D eigenvalue weighted by molar-refractivity contribution is -0.118. The number of rotatable bonds is 3. The summed E-state index contributed by atoms with van der Waals surface area (Å²) >= 11 is 0. The van der Waals surface area contributed by atoms with Crippen molar-refractivity contribution in [3.63, 3.8) is 0 Å². The first-order valence-electron chi connectivity index (χ1n) is 6.56. The van der Waals surface area contributed by atoms with Crippen LogP contribution >= 0.6 is 0 Å². The number of carbonyl (C=O) groups is 2. The Bertz CT molecular complexity index is 720. The summed E-state index contributed by atoms with van der Waals surface area (Å²) in [6, 6.07) is 14.6. The summed E-state index contributed by atoms with van der Waals surface area (Å²) in [4.78, 5) is 23.4. The van der Waals surface area contributed by atoms with E-state index in [1.54, 1.807) is 24.3 Å². The molecule has 0 atom stereocenters. The third-order valence-electron chi connectivity index (χ3n) is 3.12. The highest BCUT2D eigenvalue weighted by Crippen LogP contribution is 2.28. The minimum absolute atomic E-state index is 0.00814. The summed E-state index contributed by atoms with van der Waals surface area (Å²) < 4.78 is 5.26. The predicted molar refractivity (Wildman–Crippen MR) is 80.4 cm³/mol. The van der Waals surface area contributed by atoms with E-state index in [4.69, 9.17) is 4.74 Å². The van der Waals surface area contributed by atoms with Crippen LogP contribution in [-0.2, 0) is 4.79 Å². The van der Waals surface area contributed by atoms with Crippen molar-refractivity contribution in [1.29, 1.82) is 0 Å². The van der Waals surface area contributed by atoms with Crippen LogP contribution in [-0.4, -0.2) is 18.3 Å². The molecule has 0 radical (unpaired) electrons. The molecule has 0 fully saturated rings. The predicted octanol–water partition coefficient (Wildman–Crippen LogP) is 2.91. The van der Waals surface area contributed by atoms with Crippen LogP contribution in [0.3, 0.4) is 0 Å². The smallest absolute Gasteiger partial charge is 0.262 e. The minimum atomic E-state index is -0.216. The van der Waals surface area contributed by atoms with Crippen molar-refractivity contribution < 1.29 is 14.3 Å². The van der Waals surface area contributed by atoms with Crippen LogP contribution in [0, 0.1) is 0 Å². The molecule has 4 heteroatoms. The zero-order valence-electron chi connectivity index (χ0n) is 11.2. The first kappa shape index (κ1) is 13.1. The van der Waals surface area contributed by atoms with Crippen molar-refractivity contribution in [2.75, 3.05) is 11.9 Å². The molecule has 4 nitrogen and oxygen atoms in total. The standard InChI is InChI=1S/C17H13NO3/c19-15(8-6-12-4-2-1-3-5-12)13-7-9-16-14(10-13)18-17(20)11-21-16/h1-10H,11H2,(H,18,20)/b8-6+. The van der Waals surface area contributed by atoms with E-state index in [9.17, 15) is 9.59 Å². The minimum Gasteiger partial charge on any atom is -0.482 e. The van der Waals surface area contributed by atoms with Crippen molar-refractivity contribution >= 4 is 23.5 Å². The van der Waals surface area contributed by atoms with Gasteiger partial charge < -0.3 is 10.1 Å². The highest BCUT2D eigenvalue weighted by atomic mass is 16.5. The average Bonchev–Trinajstić information content (AvgIpc) is 2.53. The number of nitrogens with one attached hydrogen (secondary N) is 1. The molecule has 0 aliphatic carbocycles. The Kier molecular flexibility index (Phi) is 3.51. The van der Waals surface area contributed by atoms with Gasteiger partial charge in [-0.3, -0.25) is 9.59 Å². The number of benzene rings is 2. The average molecular weight is 279 g/mol. The first-order chi connectivity index (χ1) is 10.2. The molecule has 1 heterocycles. The van der Waals surface area contributed by atoms with Gasteiger partial charge in [-0.05, 0) is 29.8 Å². The SMILES string of the molecule is O=C1COc2ccc(C(=O)/C=C/c3ccccc3)cc2N1. The van der Waals surface area contributed by atoms with Crippen LogP contribution in [0.1, 0.15) is 15.9 Å². The second-order valence-electron chi connectivity index (χ2n) is 4.66. The first-order valence-corrected chi connectivity index (χ1v) is 6.56. The van der Waals surface area contributed by atoms with Crippen molar-refractivity contribution in [2.24, 2.45) is 0 Å². The quantitative estimate of drug-likeness (QED) is 0.694. The van der Waals surface area contributed by atoms with E-state index in [-0.39, 0.29) is 18.3 Å². The fraction of sp³-hybridized carbons (Fsp3) is 0.0588. The summed E-state index contributed by atoms with van der Waals surface area (Å²) in [7, 11) is 0. The number of ketones is 1. The van der Waals surface area contributed by atoms with Gasteiger partial charge in [0.15, 0.2) is 12.4 Å². The Morgan fingerprint density at radius 2 is 1.95 bits per heavy atom. The molecule has 0 aromatic heterocycles. The van der Waals surface area contributed by atoms with Gasteiger partial charge in [0.25, 0.3) is 5.91 Å². The second kappa shape index (κ2) is 5.63. The molecule has 2 aromatic carbocycles. The molecule has 104 valence electrons. The molecule has 3 rings (SSSR count). The van der Waals surface area contributed by atoms with Crippen LogP contribution in [0.2, 0.25) is 0 Å². The molecular weight excluding hydrogens is 266 g/mol. The van der Waals surface area contributed by atoms with Crippen LogP contribution < -0.4 is 10.1 Å². The lowest BCUT2D eigenvalue weighted by atomic mass is 10.1. The van der Waals surface area contributed by atoms with Gasteiger partial charge in [-0.15, -0.1) is 0 Å². The van der Waals surface area contributed by atoms with E-state index < -0.39 is 0 Å². The monoisotopic (exact) mass is 279 g/mol. The Balaban J connectivity index is 1.81. The molecule has 0 unspecified atom stereocenters. The van der Waals surface area contributed by atoms with Crippen molar-refractivity contribution in [3.05, 3.63) is 65.7 Å². The zero-order valence-corrected chi connectivity index (χ0v) is 11.2. The number of allylic oxidation sites excluding steroid dienone is 1. The van der Waals surface area contributed by atoms with Crippen LogP contribution in [0.5, 0.6) is 5.75 Å². The summed E-state index contributed by atoms with van der Waals surface area (Å²) in [5.41, 5.74) is 2.00. The third-order valence-corrected chi connectivity index (χ3v) is 3.12. The van der Waals surface area contributed by atoms with Gasteiger partial charge >= 0.3 is 0 Å². The molecule has 0 spiro atoms. The van der Waals surface area contributed by atoms with E-state index in [0.717, 1.165) is 5.56 Å². The topological polar surface area (TPSA) is 55.4 Å². The van der Waals surface area contributed by atoms with Gasteiger partial charge in [0.1, 0.15) is 5.75 Å². The van der Waals surface area contributed by atoms with Crippen LogP contribution in [0.4, 0.5) is 5.69 Å². The normalized spacial score (nSPS) is 13.4. The van der Waals surface area contributed by atoms with Crippen LogP contribution in [0.15, 0.2) is 54.6 Å². The lowest BCUT2D eigenvalue weighted by Crippen LogP contribution is -2.25. The lowest BCUT2D eigenvalue weighted by Gasteiger charge is -2.17. The van der Waals surface area contributed by atoms with E-state index in [1.165, 1.54) is 6.08 Å². The Hall–Kier alpha value is -2.88. The van der Waals surface area contributed by atoms with Gasteiger partial charge in [-0.25, -0.2) is 0 Å². The number of anilines is 1. The van der Waals surface area contributed by atoms with Gasteiger partial charge in [0.2, 0.25) is 0 Å². The van der Waals surface area contributed by atoms with Gasteiger partial charge in [-0.2, -0.15) is 0 Å². The highest BCUT2D eigenvalue weighted by molar-refractivity contribution is 6.08. The van der Waals surface area contributed by atoms with E-state index in [1.807, 2.05) is 30.3 Å². The molecule has 1 amide bonds. The fourth-order valence-electron chi connectivity index (χ4n) is 2.07. The molecule has 1 N–H and O–H groups in total. The summed E-state index contributed by atoms with van der Waals surface area (Å²) in [6.07, 6.45) is 3.28. The van der Waals surface area contributed by atoms with E-state index in [0.29, 0.717) is 17.0 Å². The summed E-state index contributed by atoms with van der Waals surface area (Å²) in [5, 5.41) is 2.69. The molecular formula is C17H13NO3. The summed E-state index contributed by atoms with van der Waals surface area (Å²) in [6.45, 7) is 0.00814. The number of hydrogen-bond donors (Lipinski definition) is 1. The molecule has 1 aliphatic heterocycles. The Labute approximate surface area is 122 Å². The highest BCUT2D eigenvalue weighted by Gasteiger charge is 2.17. The number of carbonyl (C=O) groups excluding carboxylic acids is 2. The van der Waals surface area contributed by atoms with Gasteiger partial charge in [0, 0.05) is 5.56 Å². The summed E-state index contributed by atoms with van der Waals surface area (Å²) in [5.74, 6) is 0.242.